The lowest BCUT2D eigenvalue weighted by atomic mass is 10.4. The number of halogens is 3. The van der Waals surface area contributed by atoms with Gasteiger partial charge < -0.3 is 8.80 Å². The number of rotatable bonds is 0. The lowest BCUT2D eigenvalue weighted by Gasteiger charge is -1.91. The predicted molar refractivity (Wildman–Crippen MR) is 83.0 cm³/mol. The largest absolute Gasteiger partial charge is 0.303 e. The quantitative estimate of drug-likeness (QED) is 0.425. The van der Waals surface area contributed by atoms with Gasteiger partial charge in [0, 0.05) is 12.4 Å². The van der Waals surface area contributed by atoms with E-state index in [4.69, 9.17) is 0 Å². The van der Waals surface area contributed by atoms with E-state index in [1.54, 1.807) is 39.8 Å². The van der Waals surface area contributed by atoms with Crippen LogP contribution in [-0.2, 0) is 0 Å². The Morgan fingerprint density at radius 2 is 1.62 bits per heavy atom. The molecule has 4 heterocycles. The molecule has 0 saturated carbocycles. The highest BCUT2D eigenvalue weighted by molar-refractivity contribution is 14.1. The zero-order valence-electron chi connectivity index (χ0n) is 10.6. The van der Waals surface area contributed by atoms with Crippen molar-refractivity contribution in [2.24, 2.45) is 0 Å². The second kappa shape index (κ2) is 5.76. The van der Waals surface area contributed by atoms with Crippen molar-refractivity contribution in [1.82, 2.24) is 18.8 Å². The van der Waals surface area contributed by atoms with Crippen LogP contribution in [0.3, 0.4) is 0 Å². The van der Waals surface area contributed by atoms with Crippen molar-refractivity contribution in [3.63, 3.8) is 0 Å². The molecule has 0 unspecified atom stereocenters. The fourth-order valence-corrected chi connectivity index (χ4v) is 2.42. The molecule has 0 saturated heterocycles. The van der Waals surface area contributed by atoms with Crippen LogP contribution < -0.4 is 0 Å². The Bertz CT molecular complexity index is 900. The predicted octanol–water partition coefficient (Wildman–Crippen LogP) is 3.55. The molecule has 0 aliphatic heterocycles. The zero-order valence-corrected chi connectivity index (χ0v) is 12.8. The van der Waals surface area contributed by atoms with E-state index < -0.39 is 0 Å². The fourth-order valence-electron chi connectivity index (χ4n) is 1.83. The molecule has 7 heteroatoms. The SMILES string of the molecule is Fc1ccc2c(I)ncn2c1.Fc1ccc2cncn2c1. The van der Waals surface area contributed by atoms with Crippen molar-refractivity contribution in [2.75, 3.05) is 0 Å². The molecule has 0 atom stereocenters. The fraction of sp³-hybridized carbons (Fsp3) is 0. The van der Waals surface area contributed by atoms with Gasteiger partial charge in [-0.15, -0.1) is 0 Å². The standard InChI is InChI=1S/C7H4FIN2.C7H5FN2/c8-5-1-2-6-7(9)10-4-11(6)3-5;8-6-1-2-7-3-9-5-10(7)4-6/h1-4H;1-5H. The van der Waals surface area contributed by atoms with Gasteiger partial charge in [-0.05, 0) is 46.9 Å². The van der Waals surface area contributed by atoms with Gasteiger partial charge in [0.25, 0.3) is 0 Å². The lowest BCUT2D eigenvalue weighted by molar-refractivity contribution is 0.619. The summed E-state index contributed by atoms with van der Waals surface area (Å²) < 4.78 is 29.2. The minimum atomic E-state index is -0.245. The van der Waals surface area contributed by atoms with E-state index in [2.05, 4.69) is 32.6 Å². The summed E-state index contributed by atoms with van der Waals surface area (Å²) in [7, 11) is 0. The molecule has 21 heavy (non-hydrogen) atoms. The highest BCUT2D eigenvalue weighted by atomic mass is 127. The summed E-state index contributed by atoms with van der Waals surface area (Å²) in [6, 6.07) is 6.24. The molecule has 4 rings (SSSR count). The van der Waals surface area contributed by atoms with Crippen molar-refractivity contribution in [2.45, 2.75) is 0 Å². The van der Waals surface area contributed by atoms with Crippen molar-refractivity contribution in [3.8, 4) is 0 Å². The first kappa shape index (κ1) is 13.9. The number of hydrogen-bond donors (Lipinski definition) is 0. The average molecular weight is 398 g/mol. The third kappa shape index (κ3) is 3.02. The molecule has 0 aliphatic carbocycles. The van der Waals surface area contributed by atoms with Crippen LogP contribution in [0.1, 0.15) is 0 Å². The zero-order chi connectivity index (χ0) is 14.8. The number of nitrogens with zero attached hydrogens (tertiary/aromatic N) is 4. The molecular weight excluding hydrogens is 389 g/mol. The molecule has 106 valence electrons. The summed E-state index contributed by atoms with van der Waals surface area (Å²) in [5.74, 6) is -0.489. The van der Waals surface area contributed by atoms with E-state index in [1.807, 2.05) is 0 Å². The third-order valence-corrected chi connectivity index (χ3v) is 3.65. The first-order valence-corrected chi connectivity index (χ1v) is 7.06. The maximum atomic E-state index is 12.6. The minimum absolute atomic E-state index is 0.244. The molecule has 0 amide bonds. The third-order valence-electron chi connectivity index (χ3n) is 2.82. The van der Waals surface area contributed by atoms with E-state index in [0.717, 1.165) is 14.7 Å². The van der Waals surface area contributed by atoms with E-state index >= 15 is 0 Å². The van der Waals surface area contributed by atoms with Crippen LogP contribution in [0.5, 0.6) is 0 Å². The molecule has 0 radical (unpaired) electrons. The summed E-state index contributed by atoms with van der Waals surface area (Å²) in [6.07, 6.45) is 7.64. The summed E-state index contributed by atoms with van der Waals surface area (Å²) in [5, 5.41) is 0. The molecule has 0 bridgehead atoms. The maximum absolute atomic E-state index is 12.6. The second-order valence-corrected chi connectivity index (χ2v) is 5.27. The molecule has 4 aromatic heterocycles. The number of hydrogen-bond acceptors (Lipinski definition) is 2. The lowest BCUT2D eigenvalue weighted by Crippen LogP contribution is -1.83. The molecule has 0 spiro atoms. The topological polar surface area (TPSA) is 34.6 Å². The summed E-state index contributed by atoms with van der Waals surface area (Å²) in [6.45, 7) is 0. The first-order chi connectivity index (χ1) is 10.1. The average Bonchev–Trinajstić information content (AvgIpc) is 3.06. The summed E-state index contributed by atoms with van der Waals surface area (Å²) in [4.78, 5) is 7.86. The van der Waals surface area contributed by atoms with Gasteiger partial charge >= 0.3 is 0 Å². The van der Waals surface area contributed by atoms with Crippen LogP contribution in [0.2, 0.25) is 0 Å². The van der Waals surface area contributed by atoms with Crippen LogP contribution >= 0.6 is 22.6 Å². The maximum Gasteiger partial charge on any atom is 0.139 e. The number of pyridine rings is 2. The Kier molecular flexibility index (Phi) is 3.82. The second-order valence-electron chi connectivity index (χ2n) is 4.25. The normalized spacial score (nSPS) is 10.6. The molecule has 4 nitrogen and oxygen atoms in total. The number of imidazole rings is 2. The van der Waals surface area contributed by atoms with Crippen LogP contribution in [0.4, 0.5) is 8.78 Å². The van der Waals surface area contributed by atoms with Gasteiger partial charge in [-0.2, -0.15) is 0 Å². The molecule has 0 aromatic carbocycles. The Morgan fingerprint density at radius 3 is 2.43 bits per heavy atom. The Balaban J connectivity index is 0.000000126. The molecular formula is C14H9F2IN4. The van der Waals surface area contributed by atoms with Crippen molar-refractivity contribution in [3.05, 3.63) is 70.8 Å². The summed E-state index contributed by atoms with van der Waals surface area (Å²) in [5.41, 5.74) is 1.84. The van der Waals surface area contributed by atoms with E-state index in [1.165, 1.54) is 24.5 Å². The van der Waals surface area contributed by atoms with E-state index in [9.17, 15) is 8.78 Å². The molecule has 0 N–H and O–H groups in total. The Hall–Kier alpha value is -2.03. The van der Waals surface area contributed by atoms with Gasteiger partial charge in [0.15, 0.2) is 0 Å². The van der Waals surface area contributed by atoms with Gasteiger partial charge in [0.1, 0.15) is 21.7 Å². The van der Waals surface area contributed by atoms with Crippen molar-refractivity contribution in [1.29, 1.82) is 0 Å². The van der Waals surface area contributed by atoms with Gasteiger partial charge in [-0.1, -0.05) is 0 Å². The highest BCUT2D eigenvalue weighted by Crippen LogP contribution is 2.11. The van der Waals surface area contributed by atoms with Gasteiger partial charge in [-0.25, -0.2) is 18.7 Å². The smallest absolute Gasteiger partial charge is 0.139 e. The van der Waals surface area contributed by atoms with Crippen LogP contribution in [0.15, 0.2) is 55.5 Å². The monoisotopic (exact) mass is 398 g/mol. The van der Waals surface area contributed by atoms with Gasteiger partial charge in [0.2, 0.25) is 0 Å². The highest BCUT2D eigenvalue weighted by Gasteiger charge is 1.99. The first-order valence-electron chi connectivity index (χ1n) is 5.98. The summed E-state index contributed by atoms with van der Waals surface area (Å²) >= 11 is 2.11. The van der Waals surface area contributed by atoms with Gasteiger partial charge in [0.05, 0.1) is 23.6 Å². The van der Waals surface area contributed by atoms with E-state index in [-0.39, 0.29) is 11.6 Å². The molecule has 4 aromatic rings. The van der Waals surface area contributed by atoms with Crippen LogP contribution in [0, 0.1) is 15.3 Å². The van der Waals surface area contributed by atoms with E-state index in [0.29, 0.717) is 0 Å². The minimum Gasteiger partial charge on any atom is -0.303 e. The number of fused-ring (bicyclic) bond motifs is 2. The van der Waals surface area contributed by atoms with Crippen LogP contribution in [-0.4, -0.2) is 18.8 Å². The van der Waals surface area contributed by atoms with Crippen LogP contribution in [0.25, 0.3) is 11.0 Å². The van der Waals surface area contributed by atoms with Gasteiger partial charge in [-0.3, -0.25) is 0 Å². The molecule has 0 aliphatic rings. The van der Waals surface area contributed by atoms with Crippen molar-refractivity contribution < 1.29 is 8.78 Å². The Morgan fingerprint density at radius 1 is 0.905 bits per heavy atom. The molecule has 0 fully saturated rings. The Labute approximate surface area is 132 Å². The van der Waals surface area contributed by atoms with Crippen molar-refractivity contribution >= 4 is 33.6 Å². The number of aromatic nitrogens is 4.